The van der Waals surface area contributed by atoms with Gasteiger partial charge in [0.15, 0.2) is 5.96 Å². The molecule has 152 valence electrons. The van der Waals surface area contributed by atoms with Crippen LogP contribution >= 0.6 is 0 Å². The van der Waals surface area contributed by atoms with Crippen molar-refractivity contribution in [3.05, 3.63) is 29.3 Å². The van der Waals surface area contributed by atoms with E-state index in [9.17, 15) is 0 Å². The number of nitrogens with zero attached hydrogens (tertiary/aromatic N) is 4. The molecule has 0 amide bonds. The maximum Gasteiger partial charge on any atom is 0.194 e. The van der Waals surface area contributed by atoms with Crippen LogP contribution in [-0.4, -0.2) is 69.1 Å². The molecular formula is C22H39N5. The molecular weight excluding hydrogens is 334 g/mol. The molecule has 1 aromatic carbocycles. The van der Waals surface area contributed by atoms with Gasteiger partial charge in [-0.15, -0.1) is 0 Å². The van der Waals surface area contributed by atoms with Crippen molar-refractivity contribution >= 4 is 11.6 Å². The van der Waals surface area contributed by atoms with Crippen LogP contribution < -0.4 is 10.2 Å². The number of aryl methyl sites for hydroxylation is 1. The summed E-state index contributed by atoms with van der Waals surface area (Å²) in [5.41, 5.74) is 3.85. The Morgan fingerprint density at radius 2 is 1.96 bits per heavy atom. The lowest BCUT2D eigenvalue weighted by molar-refractivity contribution is 0.255. The Morgan fingerprint density at radius 1 is 1.22 bits per heavy atom. The van der Waals surface area contributed by atoms with Gasteiger partial charge in [-0.1, -0.05) is 19.9 Å². The molecule has 0 saturated carbocycles. The second kappa shape index (κ2) is 10.5. The normalized spacial score (nSPS) is 17.7. The summed E-state index contributed by atoms with van der Waals surface area (Å²) in [5, 5.41) is 3.50. The van der Waals surface area contributed by atoms with Gasteiger partial charge >= 0.3 is 0 Å². The summed E-state index contributed by atoms with van der Waals surface area (Å²) in [6.07, 6.45) is 1.26. The monoisotopic (exact) mass is 373 g/mol. The van der Waals surface area contributed by atoms with E-state index in [0.29, 0.717) is 0 Å². The molecule has 1 aliphatic rings. The van der Waals surface area contributed by atoms with Gasteiger partial charge in [0.1, 0.15) is 0 Å². The number of nitrogens with one attached hydrogen (secondary N) is 1. The third-order valence-corrected chi connectivity index (χ3v) is 5.57. The van der Waals surface area contributed by atoms with E-state index >= 15 is 0 Å². The lowest BCUT2D eigenvalue weighted by atomic mass is 10.1. The van der Waals surface area contributed by atoms with Gasteiger partial charge < -0.3 is 20.0 Å². The molecule has 5 heteroatoms. The van der Waals surface area contributed by atoms with Crippen LogP contribution in [0.1, 0.15) is 38.3 Å². The Bertz CT molecular complexity index is 607. The van der Waals surface area contributed by atoms with Gasteiger partial charge in [-0.3, -0.25) is 0 Å². The number of anilines is 1. The van der Waals surface area contributed by atoms with Crippen LogP contribution in [0.3, 0.4) is 0 Å². The van der Waals surface area contributed by atoms with Crippen molar-refractivity contribution < 1.29 is 0 Å². The second-order valence-corrected chi connectivity index (χ2v) is 7.76. The Morgan fingerprint density at radius 3 is 2.56 bits per heavy atom. The molecule has 27 heavy (non-hydrogen) atoms. The van der Waals surface area contributed by atoms with Gasteiger partial charge in [-0.05, 0) is 62.5 Å². The number of hydrogen-bond acceptors (Lipinski definition) is 3. The topological polar surface area (TPSA) is 34.1 Å². The molecule has 1 saturated heterocycles. The minimum atomic E-state index is 0.735. The van der Waals surface area contributed by atoms with E-state index in [1.165, 1.54) is 29.8 Å². The van der Waals surface area contributed by atoms with Crippen LogP contribution in [0.5, 0.6) is 0 Å². The van der Waals surface area contributed by atoms with Gasteiger partial charge in [0.2, 0.25) is 0 Å². The Labute approximate surface area is 166 Å². The molecule has 1 N–H and O–H groups in total. The van der Waals surface area contributed by atoms with Crippen LogP contribution in [0.4, 0.5) is 5.69 Å². The lowest BCUT2D eigenvalue weighted by Crippen LogP contribution is -2.40. The SMILES string of the molecule is CCNC(=NCc1ccc(N(C)C)cc1C)N1CCC(CN(CC)CC)C1. The van der Waals surface area contributed by atoms with Crippen LogP contribution in [-0.2, 0) is 6.54 Å². The largest absolute Gasteiger partial charge is 0.378 e. The average molecular weight is 374 g/mol. The molecule has 5 nitrogen and oxygen atoms in total. The molecule has 2 rings (SSSR count). The van der Waals surface area contributed by atoms with Crippen LogP contribution in [0, 0.1) is 12.8 Å². The summed E-state index contributed by atoms with van der Waals surface area (Å²) in [5.74, 6) is 1.81. The molecule has 1 aliphatic heterocycles. The molecule has 0 spiro atoms. The summed E-state index contributed by atoms with van der Waals surface area (Å²) in [6, 6.07) is 6.64. The first kappa shape index (κ1) is 21.5. The first-order valence-corrected chi connectivity index (χ1v) is 10.5. The first-order valence-electron chi connectivity index (χ1n) is 10.5. The number of benzene rings is 1. The summed E-state index contributed by atoms with van der Waals surface area (Å²) in [6.45, 7) is 16.2. The van der Waals surface area contributed by atoms with E-state index in [1.807, 2.05) is 0 Å². The summed E-state index contributed by atoms with van der Waals surface area (Å²) in [7, 11) is 4.16. The average Bonchev–Trinajstić information content (AvgIpc) is 3.12. The third kappa shape index (κ3) is 6.13. The Kier molecular flexibility index (Phi) is 8.42. The van der Waals surface area contributed by atoms with E-state index in [0.717, 1.165) is 51.1 Å². The molecule has 0 aromatic heterocycles. The molecule has 0 radical (unpaired) electrons. The summed E-state index contributed by atoms with van der Waals surface area (Å²) >= 11 is 0. The van der Waals surface area contributed by atoms with Crippen LogP contribution in [0.2, 0.25) is 0 Å². The quantitative estimate of drug-likeness (QED) is 0.561. The standard InChI is InChI=1S/C22H39N5/c1-7-23-22(27-13-12-19(17-27)16-26(8-2)9-3)24-15-20-10-11-21(25(5)6)14-18(20)4/h10-11,14,19H,7-9,12-13,15-17H2,1-6H3,(H,23,24). The van der Waals surface area contributed by atoms with E-state index in [1.54, 1.807) is 0 Å². The van der Waals surface area contributed by atoms with Crippen LogP contribution in [0.25, 0.3) is 0 Å². The summed E-state index contributed by atoms with van der Waals surface area (Å²) < 4.78 is 0. The third-order valence-electron chi connectivity index (χ3n) is 5.57. The van der Waals surface area contributed by atoms with Crippen molar-refractivity contribution in [2.24, 2.45) is 10.9 Å². The fourth-order valence-corrected chi connectivity index (χ4v) is 3.74. The van der Waals surface area contributed by atoms with Crippen LogP contribution in [0.15, 0.2) is 23.2 Å². The Hall–Kier alpha value is -1.75. The number of aliphatic imine (C=N–C) groups is 1. The van der Waals surface area contributed by atoms with E-state index in [2.05, 4.69) is 80.0 Å². The van der Waals surface area contributed by atoms with Gasteiger partial charge in [0.25, 0.3) is 0 Å². The van der Waals surface area contributed by atoms with Crippen molar-refractivity contribution in [1.82, 2.24) is 15.1 Å². The predicted molar refractivity (Wildman–Crippen MR) is 118 cm³/mol. The lowest BCUT2D eigenvalue weighted by Gasteiger charge is -2.24. The molecule has 1 heterocycles. The van der Waals surface area contributed by atoms with Gasteiger partial charge in [0.05, 0.1) is 6.54 Å². The smallest absolute Gasteiger partial charge is 0.194 e. The molecule has 1 aromatic rings. The van der Waals surface area contributed by atoms with Crippen molar-refractivity contribution in [1.29, 1.82) is 0 Å². The van der Waals surface area contributed by atoms with E-state index in [-0.39, 0.29) is 0 Å². The van der Waals surface area contributed by atoms with E-state index in [4.69, 9.17) is 4.99 Å². The number of hydrogen-bond donors (Lipinski definition) is 1. The molecule has 1 atom stereocenters. The van der Waals surface area contributed by atoms with Crippen molar-refractivity contribution in [2.75, 3.05) is 58.3 Å². The van der Waals surface area contributed by atoms with Gasteiger partial charge in [0, 0.05) is 46.0 Å². The zero-order valence-corrected chi connectivity index (χ0v) is 18.3. The Balaban J connectivity index is 2.02. The first-order chi connectivity index (χ1) is 13.0. The maximum atomic E-state index is 4.96. The zero-order chi connectivity index (χ0) is 19.8. The summed E-state index contributed by atoms with van der Waals surface area (Å²) in [4.78, 5) is 12.1. The van der Waals surface area contributed by atoms with Crippen molar-refractivity contribution in [3.63, 3.8) is 0 Å². The predicted octanol–water partition coefficient (Wildman–Crippen LogP) is 3.19. The highest BCUT2D eigenvalue weighted by atomic mass is 15.3. The highest BCUT2D eigenvalue weighted by Crippen LogP contribution is 2.20. The fourth-order valence-electron chi connectivity index (χ4n) is 3.74. The molecule has 1 fully saturated rings. The number of rotatable bonds is 8. The minimum absolute atomic E-state index is 0.735. The molecule has 0 aliphatic carbocycles. The second-order valence-electron chi connectivity index (χ2n) is 7.76. The van der Waals surface area contributed by atoms with Gasteiger partial charge in [-0.2, -0.15) is 0 Å². The molecule has 0 bridgehead atoms. The highest BCUT2D eigenvalue weighted by molar-refractivity contribution is 5.80. The number of guanidine groups is 1. The fraction of sp³-hybridized carbons (Fsp3) is 0.682. The van der Waals surface area contributed by atoms with Gasteiger partial charge in [-0.25, -0.2) is 4.99 Å². The van der Waals surface area contributed by atoms with Crippen molar-refractivity contribution in [2.45, 2.75) is 40.7 Å². The maximum absolute atomic E-state index is 4.96. The highest BCUT2D eigenvalue weighted by Gasteiger charge is 2.25. The zero-order valence-electron chi connectivity index (χ0n) is 18.3. The number of likely N-dealkylation sites (tertiary alicyclic amines) is 1. The molecule has 1 unspecified atom stereocenters. The van der Waals surface area contributed by atoms with E-state index < -0.39 is 0 Å². The van der Waals surface area contributed by atoms with Crippen molar-refractivity contribution in [3.8, 4) is 0 Å². The minimum Gasteiger partial charge on any atom is -0.378 e.